The Labute approximate surface area is 109 Å². The van der Waals surface area contributed by atoms with Gasteiger partial charge in [0.25, 0.3) is 0 Å². The van der Waals surface area contributed by atoms with E-state index in [1.165, 1.54) is 44.2 Å². The molecular weight excluding hydrogens is 222 g/mol. The average Bonchev–Trinajstić information content (AvgIpc) is 2.77. The fourth-order valence-electron chi connectivity index (χ4n) is 5.28. The van der Waals surface area contributed by atoms with Gasteiger partial charge in [0.05, 0.1) is 12.0 Å². The standard InChI is InChI=1S/C15H23N3/c1-16-8-14-9-18(10-17-14)15-5-11-2-12(6-15)4-13(3-11)7-15/h9-13,16H,2-8H2,1H3. The highest BCUT2D eigenvalue weighted by Gasteiger charge is 2.51. The maximum Gasteiger partial charge on any atom is 0.0955 e. The predicted molar refractivity (Wildman–Crippen MR) is 71.1 cm³/mol. The molecule has 4 aliphatic carbocycles. The number of hydrogen-bond donors (Lipinski definition) is 1. The molecule has 0 aromatic carbocycles. The van der Waals surface area contributed by atoms with Gasteiger partial charge in [-0.2, -0.15) is 0 Å². The van der Waals surface area contributed by atoms with Crippen molar-refractivity contribution in [2.24, 2.45) is 17.8 Å². The summed E-state index contributed by atoms with van der Waals surface area (Å²) in [5, 5.41) is 3.20. The summed E-state index contributed by atoms with van der Waals surface area (Å²) in [5.41, 5.74) is 1.63. The smallest absolute Gasteiger partial charge is 0.0955 e. The molecular formula is C15H23N3. The normalized spacial score (nSPS) is 41.5. The summed E-state index contributed by atoms with van der Waals surface area (Å²) in [7, 11) is 1.99. The third-order valence-corrected chi connectivity index (χ3v) is 5.55. The van der Waals surface area contributed by atoms with Crippen molar-refractivity contribution in [1.29, 1.82) is 0 Å². The van der Waals surface area contributed by atoms with Crippen LogP contribution < -0.4 is 5.32 Å². The van der Waals surface area contributed by atoms with Crippen LogP contribution in [0, 0.1) is 17.8 Å². The van der Waals surface area contributed by atoms with E-state index in [9.17, 15) is 0 Å². The zero-order valence-electron chi connectivity index (χ0n) is 11.2. The molecule has 1 heterocycles. The second-order valence-corrected chi connectivity index (χ2v) is 6.94. The average molecular weight is 245 g/mol. The summed E-state index contributed by atoms with van der Waals surface area (Å²) in [5.74, 6) is 3.02. The Balaban J connectivity index is 1.66. The molecule has 1 aromatic heterocycles. The van der Waals surface area contributed by atoms with E-state index in [0.29, 0.717) is 5.54 Å². The van der Waals surface area contributed by atoms with E-state index in [1.807, 2.05) is 7.05 Å². The minimum absolute atomic E-state index is 0.438. The van der Waals surface area contributed by atoms with Crippen molar-refractivity contribution < 1.29 is 0 Å². The lowest BCUT2D eigenvalue weighted by atomic mass is 9.53. The van der Waals surface area contributed by atoms with Crippen LogP contribution in [0.25, 0.3) is 0 Å². The van der Waals surface area contributed by atoms with Crippen LogP contribution >= 0.6 is 0 Å². The summed E-state index contributed by atoms with van der Waals surface area (Å²) in [6.45, 7) is 0.888. The van der Waals surface area contributed by atoms with Crippen molar-refractivity contribution in [3.63, 3.8) is 0 Å². The molecule has 98 valence electrons. The zero-order chi connectivity index (χ0) is 12.2. The number of aromatic nitrogens is 2. The second-order valence-electron chi connectivity index (χ2n) is 6.94. The lowest BCUT2D eigenvalue weighted by Crippen LogP contribution is -2.51. The fraction of sp³-hybridized carbons (Fsp3) is 0.800. The molecule has 3 nitrogen and oxygen atoms in total. The van der Waals surface area contributed by atoms with Crippen LogP contribution in [0.5, 0.6) is 0 Å². The highest BCUT2D eigenvalue weighted by Crippen LogP contribution is 2.58. The van der Waals surface area contributed by atoms with Crippen molar-refractivity contribution in [2.45, 2.75) is 50.6 Å². The van der Waals surface area contributed by atoms with Crippen LogP contribution in [0.4, 0.5) is 0 Å². The molecule has 4 saturated carbocycles. The molecule has 4 fully saturated rings. The molecule has 18 heavy (non-hydrogen) atoms. The second kappa shape index (κ2) is 3.83. The van der Waals surface area contributed by atoms with E-state index in [0.717, 1.165) is 24.3 Å². The highest BCUT2D eigenvalue weighted by molar-refractivity contribution is 5.09. The van der Waals surface area contributed by atoms with Crippen LogP contribution in [0.3, 0.4) is 0 Å². The van der Waals surface area contributed by atoms with Gasteiger partial charge in [-0.15, -0.1) is 0 Å². The Morgan fingerprint density at radius 2 is 1.83 bits per heavy atom. The van der Waals surface area contributed by atoms with Gasteiger partial charge in [0.1, 0.15) is 0 Å². The van der Waals surface area contributed by atoms with E-state index >= 15 is 0 Å². The molecule has 0 aliphatic heterocycles. The molecule has 0 unspecified atom stereocenters. The molecule has 1 aromatic rings. The first-order valence-electron chi connectivity index (χ1n) is 7.45. The molecule has 0 atom stereocenters. The van der Waals surface area contributed by atoms with Gasteiger partial charge in [-0.3, -0.25) is 0 Å². The van der Waals surface area contributed by atoms with Gasteiger partial charge in [0.15, 0.2) is 0 Å². The van der Waals surface area contributed by atoms with Crippen LogP contribution in [0.1, 0.15) is 44.2 Å². The first-order valence-corrected chi connectivity index (χ1v) is 7.45. The Kier molecular flexibility index (Phi) is 2.35. The van der Waals surface area contributed by atoms with E-state index in [1.54, 1.807) is 0 Å². The van der Waals surface area contributed by atoms with Crippen LogP contribution in [-0.4, -0.2) is 16.6 Å². The van der Waals surface area contributed by atoms with Crippen molar-refractivity contribution in [2.75, 3.05) is 7.05 Å². The summed E-state index contributed by atoms with van der Waals surface area (Å²) in [6, 6.07) is 0. The van der Waals surface area contributed by atoms with Gasteiger partial charge in [-0.05, 0) is 63.3 Å². The number of nitrogens with one attached hydrogen (secondary N) is 1. The largest absolute Gasteiger partial charge is 0.331 e. The number of rotatable bonds is 3. The van der Waals surface area contributed by atoms with E-state index in [-0.39, 0.29) is 0 Å². The lowest BCUT2D eigenvalue weighted by molar-refractivity contribution is -0.0431. The molecule has 5 rings (SSSR count). The van der Waals surface area contributed by atoms with Crippen molar-refractivity contribution in [3.8, 4) is 0 Å². The zero-order valence-corrected chi connectivity index (χ0v) is 11.2. The molecule has 4 bridgehead atoms. The lowest BCUT2D eigenvalue weighted by Gasteiger charge is -2.57. The first-order chi connectivity index (χ1) is 8.77. The van der Waals surface area contributed by atoms with E-state index < -0.39 is 0 Å². The van der Waals surface area contributed by atoms with Gasteiger partial charge in [0, 0.05) is 18.3 Å². The first kappa shape index (κ1) is 11.0. The minimum atomic E-state index is 0.438. The Morgan fingerprint density at radius 3 is 2.39 bits per heavy atom. The number of hydrogen-bond acceptors (Lipinski definition) is 2. The Bertz CT molecular complexity index is 413. The van der Waals surface area contributed by atoms with Crippen LogP contribution in [0.15, 0.2) is 12.5 Å². The van der Waals surface area contributed by atoms with Crippen molar-refractivity contribution >= 4 is 0 Å². The third kappa shape index (κ3) is 1.56. The van der Waals surface area contributed by atoms with Crippen molar-refractivity contribution in [1.82, 2.24) is 14.9 Å². The summed E-state index contributed by atoms with van der Waals surface area (Å²) >= 11 is 0. The van der Waals surface area contributed by atoms with Crippen LogP contribution in [-0.2, 0) is 12.1 Å². The van der Waals surface area contributed by atoms with Crippen LogP contribution in [0.2, 0.25) is 0 Å². The molecule has 0 spiro atoms. The Morgan fingerprint density at radius 1 is 1.22 bits per heavy atom. The maximum atomic E-state index is 4.56. The highest BCUT2D eigenvalue weighted by atomic mass is 15.1. The topological polar surface area (TPSA) is 29.9 Å². The molecule has 0 amide bonds. The third-order valence-electron chi connectivity index (χ3n) is 5.55. The fourth-order valence-corrected chi connectivity index (χ4v) is 5.28. The van der Waals surface area contributed by atoms with E-state index in [4.69, 9.17) is 0 Å². The summed E-state index contributed by atoms with van der Waals surface area (Å²) in [4.78, 5) is 4.56. The van der Waals surface area contributed by atoms with Gasteiger partial charge < -0.3 is 9.88 Å². The van der Waals surface area contributed by atoms with E-state index in [2.05, 4.69) is 27.4 Å². The summed E-state index contributed by atoms with van der Waals surface area (Å²) < 4.78 is 2.48. The molecule has 0 radical (unpaired) electrons. The monoisotopic (exact) mass is 245 g/mol. The molecule has 0 saturated heterocycles. The SMILES string of the molecule is CNCc1cn(C23CC4CC(CC(C4)C2)C3)cn1. The van der Waals surface area contributed by atoms with Crippen molar-refractivity contribution in [3.05, 3.63) is 18.2 Å². The molecule has 4 aliphatic rings. The quantitative estimate of drug-likeness (QED) is 0.887. The molecule has 1 N–H and O–H groups in total. The predicted octanol–water partition coefficient (Wildman–Crippen LogP) is 2.53. The van der Waals surface area contributed by atoms with Gasteiger partial charge >= 0.3 is 0 Å². The molecule has 3 heteroatoms. The van der Waals surface area contributed by atoms with Gasteiger partial charge in [-0.25, -0.2) is 4.98 Å². The van der Waals surface area contributed by atoms with Gasteiger partial charge in [-0.1, -0.05) is 0 Å². The minimum Gasteiger partial charge on any atom is -0.331 e. The Hall–Kier alpha value is -0.830. The van der Waals surface area contributed by atoms with Gasteiger partial charge in [0.2, 0.25) is 0 Å². The number of nitrogens with zero attached hydrogens (tertiary/aromatic N) is 2. The summed E-state index contributed by atoms with van der Waals surface area (Å²) in [6.07, 6.45) is 13.2. The maximum absolute atomic E-state index is 4.56. The number of imidazole rings is 1.